The first-order valence-corrected chi connectivity index (χ1v) is 8.31. The summed E-state index contributed by atoms with van der Waals surface area (Å²) in [7, 11) is -3.22. The molecule has 1 aliphatic heterocycles. The molecule has 19 heavy (non-hydrogen) atoms. The summed E-state index contributed by atoms with van der Waals surface area (Å²) in [5, 5.41) is 3.23. The molecule has 6 heteroatoms. The SMILES string of the molecule is Cc1cccc(CNS(=O)(=O)CC2CCCNC2)n1. The van der Waals surface area contributed by atoms with Gasteiger partial charge in [0.25, 0.3) is 0 Å². The number of aryl methyl sites for hydroxylation is 1. The molecular formula is C13H21N3O2S. The van der Waals surface area contributed by atoms with E-state index in [2.05, 4.69) is 15.0 Å². The average molecular weight is 283 g/mol. The topological polar surface area (TPSA) is 71.1 Å². The molecular weight excluding hydrogens is 262 g/mol. The van der Waals surface area contributed by atoms with Crippen molar-refractivity contribution >= 4 is 10.0 Å². The third-order valence-electron chi connectivity index (χ3n) is 3.27. The zero-order valence-corrected chi connectivity index (χ0v) is 12.0. The van der Waals surface area contributed by atoms with Gasteiger partial charge < -0.3 is 5.32 Å². The first-order chi connectivity index (χ1) is 9.05. The number of piperidine rings is 1. The fourth-order valence-electron chi connectivity index (χ4n) is 2.32. The van der Waals surface area contributed by atoms with Gasteiger partial charge in [0.2, 0.25) is 10.0 Å². The van der Waals surface area contributed by atoms with Gasteiger partial charge >= 0.3 is 0 Å². The monoisotopic (exact) mass is 283 g/mol. The van der Waals surface area contributed by atoms with E-state index >= 15 is 0 Å². The Balaban J connectivity index is 1.86. The van der Waals surface area contributed by atoms with E-state index < -0.39 is 10.0 Å². The first kappa shape index (κ1) is 14.4. The van der Waals surface area contributed by atoms with Crippen LogP contribution in [0.2, 0.25) is 0 Å². The van der Waals surface area contributed by atoms with E-state index in [1.165, 1.54) is 0 Å². The van der Waals surface area contributed by atoms with E-state index in [1.807, 2.05) is 25.1 Å². The highest BCUT2D eigenvalue weighted by atomic mass is 32.2. The number of hydrogen-bond donors (Lipinski definition) is 2. The van der Waals surface area contributed by atoms with Gasteiger partial charge in [0.1, 0.15) is 0 Å². The van der Waals surface area contributed by atoms with Crippen molar-refractivity contribution in [2.75, 3.05) is 18.8 Å². The Labute approximate surface area is 114 Å². The van der Waals surface area contributed by atoms with Crippen LogP contribution in [-0.4, -0.2) is 32.2 Å². The van der Waals surface area contributed by atoms with Gasteiger partial charge in [0, 0.05) is 5.69 Å². The van der Waals surface area contributed by atoms with Crippen LogP contribution >= 0.6 is 0 Å². The van der Waals surface area contributed by atoms with Crippen LogP contribution in [0.1, 0.15) is 24.2 Å². The Morgan fingerprint density at radius 2 is 2.32 bits per heavy atom. The highest BCUT2D eigenvalue weighted by Gasteiger charge is 2.20. The minimum Gasteiger partial charge on any atom is -0.316 e. The van der Waals surface area contributed by atoms with E-state index in [0.29, 0.717) is 0 Å². The lowest BCUT2D eigenvalue weighted by molar-refractivity contribution is 0.402. The van der Waals surface area contributed by atoms with E-state index in [9.17, 15) is 8.42 Å². The van der Waals surface area contributed by atoms with Crippen molar-refractivity contribution in [2.45, 2.75) is 26.3 Å². The van der Waals surface area contributed by atoms with Gasteiger partial charge in [-0.05, 0) is 50.9 Å². The average Bonchev–Trinajstić information content (AvgIpc) is 2.37. The number of rotatable bonds is 5. The molecule has 2 rings (SSSR count). The molecule has 0 spiro atoms. The second kappa shape index (κ2) is 6.45. The quantitative estimate of drug-likeness (QED) is 0.839. The lowest BCUT2D eigenvalue weighted by atomic mass is 10.0. The van der Waals surface area contributed by atoms with Gasteiger partial charge in [-0.2, -0.15) is 0 Å². The summed E-state index contributed by atoms with van der Waals surface area (Å²) >= 11 is 0. The molecule has 1 saturated heterocycles. The molecule has 0 aliphatic carbocycles. The summed E-state index contributed by atoms with van der Waals surface area (Å²) in [5.74, 6) is 0.419. The Kier molecular flexibility index (Phi) is 4.90. The standard InChI is InChI=1S/C13H21N3O2S/c1-11-4-2-6-13(16-11)9-15-19(17,18)10-12-5-3-7-14-8-12/h2,4,6,12,14-15H,3,5,7-10H2,1H3. The van der Waals surface area contributed by atoms with E-state index in [-0.39, 0.29) is 18.2 Å². The van der Waals surface area contributed by atoms with E-state index in [4.69, 9.17) is 0 Å². The second-order valence-corrected chi connectivity index (χ2v) is 6.94. The Morgan fingerprint density at radius 3 is 3.00 bits per heavy atom. The van der Waals surface area contributed by atoms with Crippen LogP contribution < -0.4 is 10.0 Å². The van der Waals surface area contributed by atoms with Crippen LogP contribution in [0.3, 0.4) is 0 Å². The fraction of sp³-hybridized carbons (Fsp3) is 0.615. The lowest BCUT2D eigenvalue weighted by Gasteiger charge is -2.22. The molecule has 2 N–H and O–H groups in total. The lowest BCUT2D eigenvalue weighted by Crippen LogP contribution is -2.37. The number of sulfonamides is 1. The van der Waals surface area contributed by atoms with Crippen molar-refractivity contribution in [1.82, 2.24) is 15.0 Å². The minimum atomic E-state index is -3.22. The summed E-state index contributed by atoms with van der Waals surface area (Å²) in [6.45, 7) is 3.96. The predicted molar refractivity (Wildman–Crippen MR) is 75.2 cm³/mol. The van der Waals surface area contributed by atoms with Crippen molar-refractivity contribution in [3.8, 4) is 0 Å². The summed E-state index contributed by atoms with van der Waals surface area (Å²) in [6.07, 6.45) is 2.04. The molecule has 1 atom stereocenters. The number of nitrogens with one attached hydrogen (secondary N) is 2. The molecule has 0 aromatic carbocycles. The zero-order chi connectivity index (χ0) is 13.7. The van der Waals surface area contributed by atoms with E-state index in [0.717, 1.165) is 37.3 Å². The van der Waals surface area contributed by atoms with Gasteiger partial charge in [0.05, 0.1) is 18.0 Å². The molecule has 5 nitrogen and oxygen atoms in total. The summed E-state index contributed by atoms with van der Waals surface area (Å²) in [4.78, 5) is 4.28. The predicted octanol–water partition coefficient (Wildman–Crippen LogP) is 0.809. The Bertz CT molecular complexity index is 510. The largest absolute Gasteiger partial charge is 0.316 e. The van der Waals surface area contributed by atoms with Gasteiger partial charge in [-0.1, -0.05) is 6.07 Å². The third kappa shape index (κ3) is 4.89. The van der Waals surface area contributed by atoms with Crippen LogP contribution in [0.4, 0.5) is 0 Å². The third-order valence-corrected chi connectivity index (χ3v) is 4.77. The molecule has 0 amide bonds. The molecule has 1 fully saturated rings. The number of hydrogen-bond acceptors (Lipinski definition) is 4. The summed E-state index contributed by atoms with van der Waals surface area (Å²) in [5.41, 5.74) is 1.65. The molecule has 0 saturated carbocycles. The Hall–Kier alpha value is -0.980. The number of pyridine rings is 1. The molecule has 1 aromatic heterocycles. The number of nitrogens with zero attached hydrogens (tertiary/aromatic N) is 1. The molecule has 1 aromatic rings. The molecule has 2 heterocycles. The van der Waals surface area contributed by atoms with Crippen LogP contribution in [-0.2, 0) is 16.6 Å². The molecule has 0 bridgehead atoms. The Morgan fingerprint density at radius 1 is 1.47 bits per heavy atom. The summed E-state index contributed by atoms with van der Waals surface area (Å²) < 4.78 is 26.6. The maximum Gasteiger partial charge on any atom is 0.212 e. The van der Waals surface area contributed by atoms with Crippen LogP contribution in [0.25, 0.3) is 0 Å². The van der Waals surface area contributed by atoms with Gasteiger partial charge in [-0.15, -0.1) is 0 Å². The van der Waals surface area contributed by atoms with Crippen molar-refractivity contribution in [2.24, 2.45) is 5.92 Å². The smallest absolute Gasteiger partial charge is 0.212 e. The molecule has 1 aliphatic rings. The van der Waals surface area contributed by atoms with Crippen LogP contribution in [0.5, 0.6) is 0 Å². The highest BCUT2D eigenvalue weighted by molar-refractivity contribution is 7.89. The van der Waals surface area contributed by atoms with Gasteiger partial charge in [-0.3, -0.25) is 4.98 Å². The fourth-order valence-corrected chi connectivity index (χ4v) is 3.71. The van der Waals surface area contributed by atoms with E-state index in [1.54, 1.807) is 0 Å². The minimum absolute atomic E-state index is 0.200. The number of aromatic nitrogens is 1. The maximum absolute atomic E-state index is 12.0. The van der Waals surface area contributed by atoms with Gasteiger partial charge in [-0.25, -0.2) is 13.1 Å². The normalized spacial score (nSPS) is 20.4. The second-order valence-electron chi connectivity index (χ2n) is 5.09. The van der Waals surface area contributed by atoms with Crippen LogP contribution in [0, 0.1) is 12.8 Å². The molecule has 0 radical (unpaired) electrons. The first-order valence-electron chi connectivity index (χ1n) is 6.66. The molecule has 106 valence electrons. The zero-order valence-electron chi connectivity index (χ0n) is 11.2. The summed E-state index contributed by atoms with van der Waals surface area (Å²) in [6, 6.07) is 5.61. The van der Waals surface area contributed by atoms with Crippen molar-refractivity contribution in [1.29, 1.82) is 0 Å². The van der Waals surface area contributed by atoms with Crippen molar-refractivity contribution in [3.63, 3.8) is 0 Å². The molecule has 1 unspecified atom stereocenters. The van der Waals surface area contributed by atoms with Gasteiger partial charge in [0.15, 0.2) is 0 Å². The van der Waals surface area contributed by atoms with Crippen molar-refractivity contribution in [3.05, 3.63) is 29.6 Å². The maximum atomic E-state index is 12.0. The van der Waals surface area contributed by atoms with Crippen LogP contribution in [0.15, 0.2) is 18.2 Å². The van der Waals surface area contributed by atoms with Crippen molar-refractivity contribution < 1.29 is 8.42 Å². The highest BCUT2D eigenvalue weighted by Crippen LogP contribution is 2.12.